The lowest BCUT2D eigenvalue weighted by atomic mass is 9.76. The third-order valence-electron chi connectivity index (χ3n) is 7.52. The summed E-state index contributed by atoms with van der Waals surface area (Å²) in [5.74, 6) is 1.01. The fourth-order valence-electron chi connectivity index (χ4n) is 6.17. The number of rotatable bonds is 4. The van der Waals surface area contributed by atoms with Gasteiger partial charge in [-0.2, -0.15) is 0 Å². The summed E-state index contributed by atoms with van der Waals surface area (Å²) in [7, 11) is 0. The summed E-state index contributed by atoms with van der Waals surface area (Å²) >= 11 is 0. The molecule has 0 radical (unpaired) electrons. The number of hydrogen-bond acceptors (Lipinski definition) is 0. The molecule has 1 aliphatic rings. The predicted molar refractivity (Wildman–Crippen MR) is 150 cm³/mol. The van der Waals surface area contributed by atoms with Gasteiger partial charge in [0.05, 0.1) is 0 Å². The number of fused-ring (bicyclic) bond motifs is 1. The number of benzene rings is 5. The summed E-state index contributed by atoms with van der Waals surface area (Å²) in [6.07, 6.45) is 1.18. The Hall–Kier alpha value is -3.90. The molecule has 0 amide bonds. The minimum absolute atomic E-state index is 0.505. The van der Waals surface area contributed by atoms with E-state index in [4.69, 9.17) is 0 Å². The van der Waals surface area contributed by atoms with Gasteiger partial charge in [-0.05, 0) is 73.9 Å². The average Bonchev–Trinajstić information content (AvgIpc) is 3.22. The SMILES string of the molecule is CC1CC(C)c2c(-c3ccccc3)c(-c3ccccc3)c(-c3ccccc3)c(-c3ccccc3)c21. The first-order chi connectivity index (χ1) is 17.2. The van der Waals surface area contributed by atoms with Gasteiger partial charge in [0.15, 0.2) is 0 Å². The van der Waals surface area contributed by atoms with Crippen LogP contribution in [0.15, 0.2) is 121 Å². The van der Waals surface area contributed by atoms with Crippen LogP contribution >= 0.6 is 0 Å². The molecule has 0 aliphatic heterocycles. The summed E-state index contributed by atoms with van der Waals surface area (Å²) in [6.45, 7) is 4.83. The van der Waals surface area contributed by atoms with E-state index in [1.165, 1.54) is 62.1 Å². The van der Waals surface area contributed by atoms with Gasteiger partial charge in [-0.1, -0.05) is 135 Å². The molecule has 5 aromatic rings. The maximum absolute atomic E-state index is 2.42. The van der Waals surface area contributed by atoms with E-state index in [0.29, 0.717) is 11.8 Å². The molecule has 0 saturated heterocycles. The van der Waals surface area contributed by atoms with Gasteiger partial charge in [0.25, 0.3) is 0 Å². The van der Waals surface area contributed by atoms with Crippen molar-refractivity contribution in [1.29, 1.82) is 0 Å². The second-order valence-corrected chi connectivity index (χ2v) is 9.83. The zero-order valence-electron chi connectivity index (χ0n) is 20.4. The van der Waals surface area contributed by atoms with Crippen molar-refractivity contribution in [1.82, 2.24) is 0 Å². The van der Waals surface area contributed by atoms with Crippen molar-refractivity contribution in [2.75, 3.05) is 0 Å². The standard InChI is InChI=1S/C35H30/c1-24-23-25(2)31-30(24)32(26-15-7-3-8-16-26)34(28-19-11-5-12-20-28)35(29-21-13-6-14-22-29)33(31)27-17-9-4-10-18-27/h3-22,24-25H,23H2,1-2H3. The van der Waals surface area contributed by atoms with Crippen molar-refractivity contribution in [3.8, 4) is 44.5 Å². The number of hydrogen-bond donors (Lipinski definition) is 0. The Labute approximate surface area is 208 Å². The molecule has 2 unspecified atom stereocenters. The zero-order chi connectivity index (χ0) is 23.8. The highest BCUT2D eigenvalue weighted by atomic mass is 14.4. The summed E-state index contributed by atoms with van der Waals surface area (Å²) in [5, 5.41) is 0. The molecule has 0 fully saturated rings. The predicted octanol–water partition coefficient (Wildman–Crippen LogP) is 9.97. The van der Waals surface area contributed by atoms with Crippen LogP contribution in [0.4, 0.5) is 0 Å². The van der Waals surface area contributed by atoms with Crippen molar-refractivity contribution in [3.63, 3.8) is 0 Å². The van der Waals surface area contributed by atoms with Gasteiger partial charge in [0.2, 0.25) is 0 Å². The van der Waals surface area contributed by atoms with Gasteiger partial charge in [0.1, 0.15) is 0 Å². The Bertz CT molecular complexity index is 1340. The van der Waals surface area contributed by atoms with Crippen LogP contribution in [-0.2, 0) is 0 Å². The van der Waals surface area contributed by atoms with E-state index in [0.717, 1.165) is 0 Å². The molecule has 0 saturated carbocycles. The van der Waals surface area contributed by atoms with Crippen LogP contribution in [0.5, 0.6) is 0 Å². The smallest absolute Gasteiger partial charge is 0.00175 e. The molecule has 0 heteroatoms. The molecule has 0 heterocycles. The van der Waals surface area contributed by atoms with Gasteiger partial charge < -0.3 is 0 Å². The van der Waals surface area contributed by atoms with Crippen LogP contribution in [0.1, 0.15) is 43.2 Å². The largest absolute Gasteiger partial charge is 0.0622 e. The minimum atomic E-state index is 0.505. The third kappa shape index (κ3) is 3.70. The molecule has 0 aromatic heterocycles. The van der Waals surface area contributed by atoms with Crippen LogP contribution in [0.2, 0.25) is 0 Å². The highest BCUT2D eigenvalue weighted by molar-refractivity contribution is 6.05. The lowest BCUT2D eigenvalue weighted by molar-refractivity contribution is 0.662. The molecule has 6 rings (SSSR count). The fraction of sp³-hybridized carbons (Fsp3) is 0.143. The molecular formula is C35H30. The van der Waals surface area contributed by atoms with Gasteiger partial charge in [0, 0.05) is 0 Å². The van der Waals surface area contributed by atoms with E-state index < -0.39 is 0 Å². The van der Waals surface area contributed by atoms with Crippen molar-refractivity contribution >= 4 is 0 Å². The van der Waals surface area contributed by atoms with Gasteiger partial charge in [-0.15, -0.1) is 0 Å². The normalized spacial score (nSPS) is 16.7. The second kappa shape index (κ2) is 9.04. The van der Waals surface area contributed by atoms with Crippen LogP contribution in [-0.4, -0.2) is 0 Å². The lowest BCUT2D eigenvalue weighted by Crippen LogP contribution is -2.03. The lowest BCUT2D eigenvalue weighted by Gasteiger charge is -2.27. The summed E-state index contributed by atoms with van der Waals surface area (Å²) in [5.41, 5.74) is 13.7. The third-order valence-corrected chi connectivity index (χ3v) is 7.52. The van der Waals surface area contributed by atoms with Crippen LogP contribution in [0, 0.1) is 0 Å². The molecule has 1 aliphatic carbocycles. The Morgan fingerprint density at radius 1 is 0.371 bits per heavy atom. The fourth-order valence-corrected chi connectivity index (χ4v) is 6.17. The van der Waals surface area contributed by atoms with Crippen LogP contribution in [0.3, 0.4) is 0 Å². The second-order valence-electron chi connectivity index (χ2n) is 9.83. The molecule has 5 aromatic carbocycles. The van der Waals surface area contributed by atoms with Crippen LogP contribution in [0.25, 0.3) is 44.5 Å². The van der Waals surface area contributed by atoms with E-state index >= 15 is 0 Å². The maximum atomic E-state index is 2.42. The van der Waals surface area contributed by atoms with Crippen molar-refractivity contribution in [2.24, 2.45) is 0 Å². The molecule has 0 bridgehead atoms. The molecule has 0 spiro atoms. The Kier molecular flexibility index (Phi) is 5.58. The zero-order valence-corrected chi connectivity index (χ0v) is 20.4. The highest BCUT2D eigenvalue weighted by Crippen LogP contribution is 2.57. The Morgan fingerprint density at radius 3 is 0.914 bits per heavy atom. The van der Waals surface area contributed by atoms with E-state index in [1.807, 2.05) is 0 Å². The van der Waals surface area contributed by atoms with E-state index in [1.54, 1.807) is 0 Å². The molecule has 0 N–H and O–H groups in total. The maximum Gasteiger partial charge on any atom is -0.00175 e. The summed E-state index contributed by atoms with van der Waals surface area (Å²) < 4.78 is 0. The van der Waals surface area contributed by atoms with Crippen LogP contribution < -0.4 is 0 Å². The van der Waals surface area contributed by atoms with E-state index in [-0.39, 0.29) is 0 Å². The summed E-state index contributed by atoms with van der Waals surface area (Å²) in [6, 6.07) is 44.1. The quantitative estimate of drug-likeness (QED) is 0.255. The van der Waals surface area contributed by atoms with E-state index in [9.17, 15) is 0 Å². The monoisotopic (exact) mass is 450 g/mol. The molecule has 170 valence electrons. The highest BCUT2D eigenvalue weighted by Gasteiger charge is 2.35. The van der Waals surface area contributed by atoms with Gasteiger partial charge in [-0.25, -0.2) is 0 Å². The van der Waals surface area contributed by atoms with Crippen molar-refractivity contribution < 1.29 is 0 Å². The summed E-state index contributed by atoms with van der Waals surface area (Å²) in [4.78, 5) is 0. The first-order valence-electron chi connectivity index (χ1n) is 12.7. The molecule has 2 atom stereocenters. The van der Waals surface area contributed by atoms with Gasteiger partial charge in [-0.3, -0.25) is 0 Å². The van der Waals surface area contributed by atoms with Crippen molar-refractivity contribution in [3.05, 3.63) is 132 Å². The topological polar surface area (TPSA) is 0 Å². The first-order valence-corrected chi connectivity index (χ1v) is 12.7. The first kappa shape index (κ1) is 21.6. The molecular weight excluding hydrogens is 420 g/mol. The van der Waals surface area contributed by atoms with E-state index in [2.05, 4.69) is 135 Å². The van der Waals surface area contributed by atoms with Gasteiger partial charge >= 0.3 is 0 Å². The average molecular weight is 451 g/mol. The Morgan fingerprint density at radius 2 is 0.629 bits per heavy atom. The molecule has 0 nitrogen and oxygen atoms in total. The van der Waals surface area contributed by atoms with Crippen molar-refractivity contribution in [2.45, 2.75) is 32.1 Å². The Balaban J connectivity index is 1.88. The minimum Gasteiger partial charge on any atom is -0.0622 e. The molecule has 35 heavy (non-hydrogen) atoms.